The van der Waals surface area contributed by atoms with Crippen molar-refractivity contribution in [1.29, 1.82) is 0 Å². The van der Waals surface area contributed by atoms with Crippen LogP contribution < -0.4 is 10.6 Å². The van der Waals surface area contributed by atoms with Gasteiger partial charge in [0.1, 0.15) is 4.99 Å². The van der Waals surface area contributed by atoms with E-state index < -0.39 is 0 Å². The van der Waals surface area contributed by atoms with Crippen molar-refractivity contribution in [3.63, 3.8) is 0 Å². The highest BCUT2D eigenvalue weighted by Crippen LogP contribution is 2.28. The number of methoxy groups -OCH3 is 1. The van der Waals surface area contributed by atoms with Gasteiger partial charge in [-0.25, -0.2) is 0 Å². The summed E-state index contributed by atoms with van der Waals surface area (Å²) in [6.45, 7) is 4.23. The molecule has 2 N–H and O–H groups in total. The largest absolute Gasteiger partial charge is 0.389 e. The number of hydrogen-bond donors (Lipinski definition) is 1. The van der Waals surface area contributed by atoms with Crippen molar-refractivity contribution in [2.45, 2.75) is 19.4 Å². The van der Waals surface area contributed by atoms with Gasteiger partial charge in [-0.15, -0.1) is 0 Å². The predicted octanol–water partition coefficient (Wildman–Crippen LogP) is 2.94. The molecule has 1 aliphatic rings. The molecule has 2 unspecified atom stereocenters. The summed E-state index contributed by atoms with van der Waals surface area (Å²) in [5.41, 5.74) is 7.74. The summed E-state index contributed by atoms with van der Waals surface area (Å²) in [6.07, 6.45) is 1.44. The van der Waals surface area contributed by atoms with Gasteiger partial charge in [0.25, 0.3) is 0 Å². The van der Waals surface area contributed by atoms with Crippen molar-refractivity contribution in [2.24, 2.45) is 11.7 Å². The van der Waals surface area contributed by atoms with Gasteiger partial charge < -0.3 is 15.4 Å². The second-order valence-corrected chi connectivity index (χ2v) is 6.31. The van der Waals surface area contributed by atoms with E-state index in [0.717, 1.165) is 29.5 Å². The average Bonchev–Trinajstić information content (AvgIpc) is 2.38. The van der Waals surface area contributed by atoms with Crippen LogP contribution in [0, 0.1) is 5.92 Å². The standard InChI is InChI=1S/C14H19BrN2OS/c1-9-5-6-17(8-13(9)18-2)10-3-4-11(14(16)19)12(15)7-10/h3-4,7,9,13H,5-6,8H2,1-2H3,(H2,16,19). The molecular formula is C14H19BrN2OS. The Morgan fingerprint density at radius 2 is 2.26 bits per heavy atom. The van der Waals surface area contributed by atoms with Crippen LogP contribution >= 0.6 is 28.1 Å². The minimum atomic E-state index is 0.294. The number of piperidine rings is 1. The van der Waals surface area contributed by atoms with E-state index in [9.17, 15) is 0 Å². The molecule has 0 aliphatic carbocycles. The van der Waals surface area contributed by atoms with Crippen LogP contribution in [0.5, 0.6) is 0 Å². The molecule has 0 aromatic heterocycles. The molecule has 0 bridgehead atoms. The molecule has 0 amide bonds. The van der Waals surface area contributed by atoms with E-state index in [0.29, 0.717) is 17.0 Å². The van der Waals surface area contributed by atoms with Crippen LogP contribution in [-0.4, -0.2) is 31.3 Å². The minimum Gasteiger partial charge on any atom is -0.389 e. The van der Waals surface area contributed by atoms with Crippen LogP contribution in [0.15, 0.2) is 22.7 Å². The summed E-state index contributed by atoms with van der Waals surface area (Å²) in [7, 11) is 1.79. The molecule has 1 fully saturated rings. The number of thiocarbonyl (C=S) groups is 1. The van der Waals surface area contributed by atoms with Gasteiger partial charge in [-0.1, -0.05) is 19.1 Å². The molecular weight excluding hydrogens is 324 g/mol. The fourth-order valence-electron chi connectivity index (χ4n) is 2.48. The Morgan fingerprint density at radius 3 is 2.84 bits per heavy atom. The maximum absolute atomic E-state index is 5.67. The molecule has 3 nitrogen and oxygen atoms in total. The molecule has 1 aromatic carbocycles. The maximum Gasteiger partial charge on any atom is 0.105 e. The van der Waals surface area contributed by atoms with Gasteiger partial charge in [0.2, 0.25) is 0 Å². The number of halogens is 1. The summed E-state index contributed by atoms with van der Waals surface area (Å²) in [5, 5.41) is 0. The monoisotopic (exact) mass is 342 g/mol. The maximum atomic E-state index is 5.67. The normalized spacial score (nSPS) is 23.4. The number of ether oxygens (including phenoxy) is 1. The molecule has 1 saturated heterocycles. The third-order valence-corrected chi connectivity index (χ3v) is 4.65. The quantitative estimate of drug-likeness (QED) is 0.857. The Bertz CT molecular complexity index is 481. The molecule has 2 rings (SSSR count). The van der Waals surface area contributed by atoms with Crippen molar-refractivity contribution in [3.05, 3.63) is 28.2 Å². The number of hydrogen-bond acceptors (Lipinski definition) is 3. The van der Waals surface area contributed by atoms with E-state index in [1.165, 1.54) is 5.69 Å². The van der Waals surface area contributed by atoms with Crippen molar-refractivity contribution in [3.8, 4) is 0 Å². The fraction of sp³-hybridized carbons (Fsp3) is 0.500. The first-order valence-corrected chi connectivity index (χ1v) is 7.60. The zero-order valence-corrected chi connectivity index (χ0v) is 13.6. The molecule has 104 valence electrons. The highest BCUT2D eigenvalue weighted by molar-refractivity contribution is 9.10. The molecule has 19 heavy (non-hydrogen) atoms. The zero-order chi connectivity index (χ0) is 14.0. The van der Waals surface area contributed by atoms with Gasteiger partial charge in [-0.3, -0.25) is 0 Å². The first kappa shape index (κ1) is 14.8. The number of benzene rings is 1. The highest BCUT2D eigenvalue weighted by Gasteiger charge is 2.26. The van der Waals surface area contributed by atoms with Gasteiger partial charge in [0.05, 0.1) is 6.10 Å². The molecule has 1 aromatic rings. The molecule has 5 heteroatoms. The smallest absolute Gasteiger partial charge is 0.105 e. The van der Waals surface area contributed by atoms with Gasteiger partial charge in [0.15, 0.2) is 0 Å². The number of rotatable bonds is 3. The average molecular weight is 343 g/mol. The van der Waals surface area contributed by atoms with E-state index in [-0.39, 0.29) is 0 Å². The van der Waals surface area contributed by atoms with Gasteiger partial charge >= 0.3 is 0 Å². The first-order valence-electron chi connectivity index (χ1n) is 6.40. The van der Waals surface area contributed by atoms with E-state index in [1.807, 2.05) is 6.07 Å². The first-order chi connectivity index (χ1) is 9.02. The van der Waals surface area contributed by atoms with Crippen LogP contribution in [0.1, 0.15) is 18.9 Å². The lowest BCUT2D eigenvalue weighted by molar-refractivity contribution is 0.0498. The van der Waals surface area contributed by atoms with Crippen LogP contribution in [0.4, 0.5) is 5.69 Å². The predicted molar refractivity (Wildman–Crippen MR) is 86.8 cm³/mol. The number of anilines is 1. The van der Waals surface area contributed by atoms with Crippen molar-refractivity contribution in [1.82, 2.24) is 0 Å². The SMILES string of the molecule is COC1CN(c2ccc(C(N)=S)c(Br)c2)CCC1C. The van der Waals surface area contributed by atoms with E-state index in [4.69, 9.17) is 22.7 Å². The second-order valence-electron chi connectivity index (χ2n) is 5.01. The van der Waals surface area contributed by atoms with Crippen LogP contribution in [-0.2, 0) is 4.74 Å². The minimum absolute atomic E-state index is 0.294. The zero-order valence-electron chi connectivity index (χ0n) is 11.2. The molecule has 0 saturated carbocycles. The van der Waals surface area contributed by atoms with Crippen molar-refractivity contribution in [2.75, 3.05) is 25.1 Å². The van der Waals surface area contributed by atoms with Crippen LogP contribution in [0.25, 0.3) is 0 Å². The second kappa shape index (κ2) is 6.20. The lowest BCUT2D eigenvalue weighted by Crippen LogP contribution is -2.43. The van der Waals surface area contributed by atoms with Crippen molar-refractivity contribution < 1.29 is 4.74 Å². The highest BCUT2D eigenvalue weighted by atomic mass is 79.9. The van der Waals surface area contributed by atoms with E-state index >= 15 is 0 Å². The lowest BCUT2D eigenvalue weighted by Gasteiger charge is -2.37. The Balaban J connectivity index is 2.18. The summed E-state index contributed by atoms with van der Waals surface area (Å²) in [6, 6.07) is 6.13. The van der Waals surface area contributed by atoms with Crippen molar-refractivity contribution >= 4 is 38.8 Å². The molecule has 1 aliphatic heterocycles. The molecule has 0 spiro atoms. The third kappa shape index (κ3) is 3.27. The summed E-state index contributed by atoms with van der Waals surface area (Å²) in [5.74, 6) is 0.612. The van der Waals surface area contributed by atoms with Crippen LogP contribution in [0.3, 0.4) is 0 Å². The van der Waals surface area contributed by atoms with Gasteiger partial charge in [-0.05, 0) is 46.5 Å². The van der Waals surface area contributed by atoms with E-state index in [1.54, 1.807) is 7.11 Å². The Morgan fingerprint density at radius 1 is 1.53 bits per heavy atom. The lowest BCUT2D eigenvalue weighted by atomic mass is 9.95. The molecule has 0 radical (unpaired) electrons. The number of nitrogens with zero attached hydrogens (tertiary/aromatic N) is 1. The van der Waals surface area contributed by atoms with Crippen LogP contribution in [0.2, 0.25) is 0 Å². The Hall–Kier alpha value is -0.650. The molecule has 1 heterocycles. The van der Waals surface area contributed by atoms with Gasteiger partial charge in [0, 0.05) is 35.9 Å². The Labute approximate surface area is 128 Å². The number of nitrogens with two attached hydrogens (primary N) is 1. The van der Waals surface area contributed by atoms with E-state index in [2.05, 4.69) is 39.9 Å². The summed E-state index contributed by atoms with van der Waals surface area (Å²) in [4.78, 5) is 2.77. The topological polar surface area (TPSA) is 38.5 Å². The Kier molecular flexibility index (Phi) is 4.81. The fourth-order valence-corrected chi connectivity index (χ4v) is 3.37. The third-order valence-electron chi connectivity index (χ3n) is 3.78. The molecule has 2 atom stereocenters. The van der Waals surface area contributed by atoms with Gasteiger partial charge in [-0.2, -0.15) is 0 Å². The summed E-state index contributed by atoms with van der Waals surface area (Å²) >= 11 is 8.55. The summed E-state index contributed by atoms with van der Waals surface area (Å²) < 4.78 is 6.50.